The van der Waals surface area contributed by atoms with Crippen molar-refractivity contribution in [1.29, 1.82) is 15.9 Å². The molecule has 6 heteroatoms. The fourth-order valence-electron chi connectivity index (χ4n) is 3.58. The van der Waals surface area contributed by atoms with Crippen LogP contribution in [0.2, 0.25) is 0 Å². The van der Waals surface area contributed by atoms with Crippen molar-refractivity contribution in [2.24, 2.45) is 17.3 Å². The van der Waals surface area contributed by atoms with Crippen LogP contribution < -0.4 is 0 Å². The van der Waals surface area contributed by atoms with Crippen LogP contribution in [0.3, 0.4) is 0 Å². The van der Waals surface area contributed by atoms with Crippen molar-refractivity contribution in [3.8, 4) is 12.1 Å². The van der Waals surface area contributed by atoms with E-state index < -0.39 is 23.2 Å². The number of nitriles is 2. The molecular formula is C20H18BrN3O2. The summed E-state index contributed by atoms with van der Waals surface area (Å²) in [6.07, 6.45) is 3.82. The number of allylic oxidation sites excluding steroid dienone is 2. The predicted octanol–water partition coefficient (Wildman–Crippen LogP) is 4.12. The highest BCUT2D eigenvalue weighted by molar-refractivity contribution is 9.10. The van der Waals surface area contributed by atoms with E-state index in [-0.39, 0.29) is 18.2 Å². The summed E-state index contributed by atoms with van der Waals surface area (Å²) in [5.41, 5.74) is -0.372. The molecule has 1 saturated carbocycles. The molecule has 0 aliphatic heterocycles. The number of carbonyl (C=O) groups is 1. The van der Waals surface area contributed by atoms with E-state index in [1.165, 1.54) is 0 Å². The van der Waals surface area contributed by atoms with Crippen molar-refractivity contribution in [3.63, 3.8) is 0 Å². The van der Waals surface area contributed by atoms with Gasteiger partial charge in [0, 0.05) is 10.4 Å². The van der Waals surface area contributed by atoms with Crippen LogP contribution in [0.25, 0.3) is 0 Å². The lowest BCUT2D eigenvalue weighted by atomic mass is 9.60. The van der Waals surface area contributed by atoms with Crippen molar-refractivity contribution in [3.05, 3.63) is 46.0 Å². The molecule has 0 saturated heterocycles. The largest absolute Gasteiger partial charge is 0.464 e. The molecule has 26 heavy (non-hydrogen) atoms. The Morgan fingerprint density at radius 3 is 2.50 bits per heavy atom. The Balaban J connectivity index is 2.22. The van der Waals surface area contributed by atoms with E-state index in [1.54, 1.807) is 6.92 Å². The molecule has 3 rings (SSSR count). The van der Waals surface area contributed by atoms with Gasteiger partial charge < -0.3 is 10.1 Å². The Morgan fingerprint density at radius 1 is 1.35 bits per heavy atom. The van der Waals surface area contributed by atoms with Crippen LogP contribution >= 0.6 is 15.9 Å². The van der Waals surface area contributed by atoms with Crippen LogP contribution in [0, 0.1) is 45.3 Å². The molecule has 0 heterocycles. The Hall–Kier alpha value is -2.44. The lowest BCUT2D eigenvalue weighted by Crippen LogP contribution is -2.49. The Bertz CT molecular complexity index is 859. The summed E-state index contributed by atoms with van der Waals surface area (Å²) in [6.45, 7) is 1.77. The highest BCUT2D eigenvalue weighted by Crippen LogP contribution is 2.52. The predicted molar refractivity (Wildman–Crippen MR) is 99.2 cm³/mol. The van der Waals surface area contributed by atoms with Gasteiger partial charge in [0.25, 0.3) is 0 Å². The van der Waals surface area contributed by atoms with Gasteiger partial charge in [-0.15, -0.1) is 0 Å². The first-order chi connectivity index (χ1) is 12.5. The fourth-order valence-corrected chi connectivity index (χ4v) is 3.84. The number of nitrogens with zero attached hydrogens (tertiary/aromatic N) is 2. The number of rotatable bonds is 4. The zero-order valence-electron chi connectivity index (χ0n) is 14.3. The van der Waals surface area contributed by atoms with Gasteiger partial charge in [0.1, 0.15) is 5.92 Å². The van der Waals surface area contributed by atoms with Crippen LogP contribution in [0.1, 0.15) is 31.2 Å². The third kappa shape index (κ3) is 2.85. The quantitative estimate of drug-likeness (QED) is 0.594. The highest BCUT2D eigenvalue weighted by atomic mass is 79.9. The minimum absolute atomic E-state index is 0.110. The normalized spacial score (nSPS) is 27.8. The average Bonchev–Trinajstić information content (AvgIpc) is 3.47. The maximum atomic E-state index is 12.8. The monoisotopic (exact) mass is 411 g/mol. The number of hydrogen-bond donors (Lipinski definition) is 1. The average molecular weight is 412 g/mol. The number of carbonyl (C=O) groups excluding carboxylic acids is 1. The van der Waals surface area contributed by atoms with Crippen LogP contribution in [0.15, 0.2) is 40.4 Å². The molecule has 0 unspecified atom stereocenters. The summed E-state index contributed by atoms with van der Waals surface area (Å²) in [5.74, 6) is -1.99. The molecule has 0 radical (unpaired) electrons. The van der Waals surface area contributed by atoms with Gasteiger partial charge in [-0.3, -0.25) is 0 Å². The molecule has 1 aromatic carbocycles. The molecule has 3 atom stereocenters. The SMILES string of the molecule is CCOC(=O)[C@@]1(C#N)C(=N)[C@H](C#N)C(C2CC2)=C[C@@H]1c1ccc(Br)cc1. The standard InChI is InChI=1S/C20H18BrN3O2/c1-2-26-19(25)20(11-23)17(13-5-7-14(21)8-6-13)9-15(12-3-4-12)16(10-22)18(20)24/h5-9,12,16-17,24H,2-4H2,1H3/t16-,17-,20-/m1/s1. The molecule has 0 aromatic heterocycles. The van der Waals surface area contributed by atoms with Crippen LogP contribution in [0.5, 0.6) is 0 Å². The smallest absolute Gasteiger partial charge is 0.333 e. The first kappa shape index (κ1) is 18.4. The Labute approximate surface area is 160 Å². The molecule has 1 aromatic rings. The van der Waals surface area contributed by atoms with E-state index in [1.807, 2.05) is 30.3 Å². The van der Waals surface area contributed by atoms with Crippen LogP contribution in [-0.2, 0) is 9.53 Å². The van der Waals surface area contributed by atoms with Gasteiger partial charge >= 0.3 is 5.97 Å². The van der Waals surface area contributed by atoms with Gasteiger partial charge in [0.05, 0.1) is 24.5 Å². The zero-order chi connectivity index (χ0) is 18.9. The summed E-state index contributed by atoms with van der Waals surface area (Å²) in [7, 11) is 0. The van der Waals surface area contributed by atoms with Crippen molar-refractivity contribution < 1.29 is 9.53 Å². The summed E-state index contributed by atoms with van der Waals surface area (Å²) < 4.78 is 6.06. The number of benzene rings is 1. The lowest BCUT2D eigenvalue weighted by Gasteiger charge is -2.38. The number of esters is 1. The highest BCUT2D eigenvalue weighted by Gasteiger charge is 2.57. The van der Waals surface area contributed by atoms with Crippen molar-refractivity contribution in [1.82, 2.24) is 0 Å². The van der Waals surface area contributed by atoms with E-state index in [0.29, 0.717) is 0 Å². The van der Waals surface area contributed by atoms with Crippen molar-refractivity contribution in [2.45, 2.75) is 25.7 Å². The number of ether oxygens (including phenoxy) is 1. The summed E-state index contributed by atoms with van der Waals surface area (Å²) >= 11 is 3.39. The summed E-state index contributed by atoms with van der Waals surface area (Å²) in [5, 5.41) is 28.3. The lowest BCUT2D eigenvalue weighted by molar-refractivity contribution is -0.149. The molecule has 2 aliphatic carbocycles. The molecule has 1 fully saturated rings. The second kappa shape index (κ2) is 7.05. The molecule has 2 aliphatic rings. The first-order valence-corrected chi connectivity index (χ1v) is 9.33. The van der Waals surface area contributed by atoms with E-state index in [4.69, 9.17) is 10.1 Å². The molecule has 1 N–H and O–H groups in total. The third-order valence-electron chi connectivity index (χ3n) is 5.05. The summed E-state index contributed by atoms with van der Waals surface area (Å²) in [6, 6.07) is 11.5. The molecule has 0 amide bonds. The minimum atomic E-state index is -1.82. The maximum Gasteiger partial charge on any atom is 0.333 e. The molecule has 0 spiro atoms. The maximum absolute atomic E-state index is 12.8. The minimum Gasteiger partial charge on any atom is -0.464 e. The first-order valence-electron chi connectivity index (χ1n) is 8.53. The zero-order valence-corrected chi connectivity index (χ0v) is 15.9. The van der Waals surface area contributed by atoms with Crippen LogP contribution in [0.4, 0.5) is 0 Å². The number of nitrogens with one attached hydrogen (secondary N) is 1. The topological polar surface area (TPSA) is 97.7 Å². The number of hydrogen-bond acceptors (Lipinski definition) is 5. The van der Waals surface area contributed by atoms with Crippen molar-refractivity contribution in [2.75, 3.05) is 6.61 Å². The van der Waals surface area contributed by atoms with E-state index >= 15 is 0 Å². The van der Waals surface area contributed by atoms with Gasteiger partial charge in [-0.2, -0.15) is 10.5 Å². The van der Waals surface area contributed by atoms with Gasteiger partial charge in [0.15, 0.2) is 0 Å². The van der Waals surface area contributed by atoms with Gasteiger partial charge in [-0.25, -0.2) is 4.79 Å². The third-order valence-corrected chi connectivity index (χ3v) is 5.58. The second-order valence-electron chi connectivity index (χ2n) is 6.59. The molecule has 5 nitrogen and oxygen atoms in total. The van der Waals surface area contributed by atoms with Crippen LogP contribution in [-0.4, -0.2) is 18.3 Å². The van der Waals surface area contributed by atoms with Gasteiger partial charge in [-0.1, -0.05) is 34.1 Å². The van der Waals surface area contributed by atoms with Gasteiger partial charge in [0.2, 0.25) is 5.41 Å². The van der Waals surface area contributed by atoms with E-state index in [0.717, 1.165) is 28.5 Å². The van der Waals surface area contributed by atoms with Crippen molar-refractivity contribution >= 4 is 27.6 Å². The Morgan fingerprint density at radius 2 is 2.00 bits per heavy atom. The Kier molecular flexibility index (Phi) is 4.98. The fraction of sp³-hybridized carbons (Fsp3) is 0.400. The second-order valence-corrected chi connectivity index (χ2v) is 7.50. The molecule has 0 bridgehead atoms. The van der Waals surface area contributed by atoms with E-state index in [2.05, 4.69) is 28.1 Å². The molecule has 132 valence electrons. The molecular weight excluding hydrogens is 394 g/mol. The van der Waals surface area contributed by atoms with E-state index in [9.17, 15) is 15.3 Å². The number of halogens is 1. The van der Waals surface area contributed by atoms with Gasteiger partial charge in [-0.05, 0) is 49.0 Å². The summed E-state index contributed by atoms with van der Waals surface area (Å²) in [4.78, 5) is 12.8.